The van der Waals surface area contributed by atoms with Gasteiger partial charge in [-0.2, -0.15) is 5.90 Å². The van der Waals surface area contributed by atoms with Crippen LogP contribution in [0.25, 0.3) is 11.3 Å². The summed E-state index contributed by atoms with van der Waals surface area (Å²) in [5.41, 5.74) is -1.47. The molecule has 7 nitrogen and oxygen atoms in total. The van der Waals surface area contributed by atoms with Crippen molar-refractivity contribution in [2.75, 3.05) is 7.05 Å². The van der Waals surface area contributed by atoms with Gasteiger partial charge in [-0.05, 0) is 24.6 Å². The first-order chi connectivity index (χ1) is 14.2. The Kier molecular flexibility index (Phi) is 8.14. The molecule has 0 radical (unpaired) electrons. The van der Waals surface area contributed by atoms with Gasteiger partial charge in [0.2, 0.25) is 0 Å². The number of hydrogen-bond donors (Lipinski definition) is 2. The number of benzene rings is 2. The van der Waals surface area contributed by atoms with Gasteiger partial charge in [0.1, 0.15) is 18.6 Å². The Morgan fingerprint density at radius 1 is 1.27 bits per heavy atom. The van der Waals surface area contributed by atoms with Crippen LogP contribution in [-0.2, 0) is 21.1 Å². The minimum atomic E-state index is -3.83. The molecule has 0 unspecified atom stereocenters. The fourth-order valence-corrected chi connectivity index (χ4v) is 2.62. The molecule has 3 N–H and O–H groups in total. The van der Waals surface area contributed by atoms with Crippen molar-refractivity contribution in [3.05, 3.63) is 65.2 Å². The lowest BCUT2D eigenvalue weighted by atomic mass is 9.99. The summed E-state index contributed by atoms with van der Waals surface area (Å²) in [5.74, 6) is 5.27. The van der Waals surface area contributed by atoms with Crippen LogP contribution in [0.1, 0.15) is 23.6 Å². The maximum absolute atomic E-state index is 12.9. The van der Waals surface area contributed by atoms with E-state index in [9.17, 15) is 13.6 Å². The van der Waals surface area contributed by atoms with Crippen LogP contribution in [0.2, 0.25) is 0 Å². The molecule has 160 valence electrons. The molecule has 0 aliphatic heterocycles. The Morgan fingerprint density at radius 2 is 2.00 bits per heavy atom. The number of nitrogens with two attached hydrogens (primary N) is 1. The zero-order chi connectivity index (χ0) is 22.1. The van der Waals surface area contributed by atoms with Crippen molar-refractivity contribution < 1.29 is 28.0 Å². The third-order valence-electron chi connectivity index (χ3n) is 3.93. The molecule has 0 bridgehead atoms. The minimum Gasteiger partial charge on any atom is -0.420 e. The lowest BCUT2D eigenvalue weighted by Crippen LogP contribution is -2.18. The van der Waals surface area contributed by atoms with E-state index in [1.54, 1.807) is 37.3 Å². The molecule has 0 aliphatic carbocycles. The quantitative estimate of drug-likeness (QED) is 0.203. The normalized spacial score (nSPS) is 12.3. The lowest BCUT2D eigenvalue weighted by molar-refractivity contribution is -0.114. The Bertz CT molecular complexity index is 946. The summed E-state index contributed by atoms with van der Waals surface area (Å²) >= 11 is 4.83. The Balaban J connectivity index is 2.34. The number of carbonyl (C=O) groups excluding carboxylic acids is 1. The predicted molar refractivity (Wildman–Crippen MR) is 109 cm³/mol. The molecule has 0 aromatic heterocycles. The van der Waals surface area contributed by atoms with E-state index in [4.69, 9.17) is 27.2 Å². The molecule has 0 heterocycles. The van der Waals surface area contributed by atoms with Crippen LogP contribution >= 0.6 is 11.6 Å². The van der Waals surface area contributed by atoms with E-state index in [-0.39, 0.29) is 12.4 Å². The highest BCUT2D eigenvalue weighted by Gasteiger charge is 2.27. The molecular formula is C20H20ClF2N3O4. The standard InChI is InChI=1S/C20H20ClF2N3O4/c1-13(14-7-5-8-16(10-14)29-20(21,22)23)19(30-24)17-9-4-3-6-15(17)12-28-26-11-18(27)25-2/h3-11H,12,24H2,1-2H3,(H,25,27). The fourth-order valence-electron chi connectivity index (χ4n) is 2.54. The number of alkyl halides is 3. The number of halogens is 3. The zero-order valence-corrected chi connectivity index (χ0v) is 17.0. The van der Waals surface area contributed by atoms with Gasteiger partial charge in [0, 0.05) is 35.3 Å². The molecule has 0 saturated carbocycles. The molecule has 2 rings (SSSR count). The molecule has 0 atom stereocenters. The van der Waals surface area contributed by atoms with Gasteiger partial charge >= 0.3 is 5.57 Å². The summed E-state index contributed by atoms with van der Waals surface area (Å²) in [7, 11) is 1.47. The van der Waals surface area contributed by atoms with Crippen molar-refractivity contribution in [1.82, 2.24) is 5.32 Å². The number of ether oxygens (including phenoxy) is 1. The van der Waals surface area contributed by atoms with Gasteiger partial charge in [-0.3, -0.25) is 4.79 Å². The van der Waals surface area contributed by atoms with Gasteiger partial charge < -0.3 is 19.7 Å². The number of allylic oxidation sites excluding steroid dienone is 1. The summed E-state index contributed by atoms with van der Waals surface area (Å²) in [6.45, 7) is 1.74. The molecule has 30 heavy (non-hydrogen) atoms. The highest BCUT2D eigenvalue weighted by molar-refractivity contribution is 6.25. The summed E-state index contributed by atoms with van der Waals surface area (Å²) in [4.78, 5) is 21.4. The van der Waals surface area contributed by atoms with Crippen molar-refractivity contribution in [1.29, 1.82) is 0 Å². The van der Waals surface area contributed by atoms with E-state index in [0.29, 0.717) is 28.0 Å². The van der Waals surface area contributed by atoms with Gasteiger partial charge in [-0.25, -0.2) is 0 Å². The van der Waals surface area contributed by atoms with Gasteiger partial charge in [0.15, 0.2) is 5.76 Å². The summed E-state index contributed by atoms with van der Waals surface area (Å²) in [6, 6.07) is 13.0. The van der Waals surface area contributed by atoms with Gasteiger partial charge in [0.05, 0.1) is 0 Å². The second kappa shape index (κ2) is 10.6. The van der Waals surface area contributed by atoms with E-state index in [1.165, 1.54) is 25.2 Å². The number of nitrogens with one attached hydrogen (secondary N) is 1. The van der Waals surface area contributed by atoms with Crippen molar-refractivity contribution in [3.8, 4) is 5.75 Å². The number of oxime groups is 1. The molecule has 1 amide bonds. The van der Waals surface area contributed by atoms with E-state index in [1.807, 2.05) is 0 Å². The molecular weight excluding hydrogens is 420 g/mol. The number of amides is 1. The predicted octanol–water partition coefficient (Wildman–Crippen LogP) is 3.88. The topological polar surface area (TPSA) is 95.2 Å². The van der Waals surface area contributed by atoms with Gasteiger partial charge in [-0.1, -0.05) is 41.6 Å². The van der Waals surface area contributed by atoms with Crippen molar-refractivity contribution in [3.63, 3.8) is 0 Å². The average Bonchev–Trinajstić information content (AvgIpc) is 2.71. The average molecular weight is 440 g/mol. The monoisotopic (exact) mass is 439 g/mol. The molecule has 0 saturated heterocycles. The van der Waals surface area contributed by atoms with Crippen LogP contribution in [0.15, 0.2) is 53.7 Å². The maximum atomic E-state index is 12.9. The number of nitrogens with zero attached hydrogens (tertiary/aromatic N) is 1. The second-order valence-electron chi connectivity index (χ2n) is 5.93. The first kappa shape index (κ1) is 23.1. The minimum absolute atomic E-state index is 0.0332. The molecule has 2 aromatic rings. The van der Waals surface area contributed by atoms with Crippen LogP contribution < -0.4 is 16.0 Å². The van der Waals surface area contributed by atoms with Gasteiger partial charge in [0.25, 0.3) is 5.91 Å². The number of hydrogen-bond acceptors (Lipinski definition) is 6. The third-order valence-corrected chi connectivity index (χ3v) is 4.01. The second-order valence-corrected chi connectivity index (χ2v) is 6.37. The highest BCUT2D eigenvalue weighted by Crippen LogP contribution is 2.32. The summed E-state index contributed by atoms with van der Waals surface area (Å²) in [6.07, 6.45) is 1.00. The largest absolute Gasteiger partial charge is 0.487 e. The SMILES string of the molecule is CNC(=O)C=NOCc1ccccc1C(ON)=C(C)c1cccc(OC(F)(F)Cl)c1. The third kappa shape index (κ3) is 6.71. The van der Waals surface area contributed by atoms with Crippen LogP contribution in [0.4, 0.5) is 8.78 Å². The van der Waals surface area contributed by atoms with E-state index < -0.39 is 11.5 Å². The fraction of sp³-hybridized carbons (Fsp3) is 0.200. The van der Waals surface area contributed by atoms with E-state index in [0.717, 1.165) is 6.21 Å². The first-order valence-corrected chi connectivity index (χ1v) is 9.02. The van der Waals surface area contributed by atoms with Crippen molar-refractivity contribution in [2.24, 2.45) is 11.1 Å². The van der Waals surface area contributed by atoms with Crippen LogP contribution in [0.3, 0.4) is 0 Å². The summed E-state index contributed by atoms with van der Waals surface area (Å²) in [5, 5.41) is 5.96. The Hall–Kier alpha value is -3.17. The van der Waals surface area contributed by atoms with Crippen LogP contribution in [-0.4, -0.2) is 24.7 Å². The number of carbonyl (C=O) groups is 1. The zero-order valence-electron chi connectivity index (χ0n) is 16.2. The lowest BCUT2D eigenvalue weighted by Gasteiger charge is -2.15. The molecule has 10 heteroatoms. The molecule has 0 aliphatic rings. The first-order valence-electron chi connectivity index (χ1n) is 8.64. The van der Waals surface area contributed by atoms with E-state index in [2.05, 4.69) is 15.2 Å². The molecule has 0 spiro atoms. The smallest absolute Gasteiger partial charge is 0.420 e. The number of rotatable bonds is 9. The molecule has 0 fully saturated rings. The highest BCUT2D eigenvalue weighted by atomic mass is 35.5. The Morgan fingerprint density at radius 3 is 2.67 bits per heavy atom. The van der Waals surface area contributed by atoms with Crippen LogP contribution in [0, 0.1) is 0 Å². The molecule has 2 aromatic carbocycles. The van der Waals surface area contributed by atoms with Crippen molar-refractivity contribution >= 4 is 35.1 Å². The Labute approximate surface area is 177 Å². The maximum Gasteiger partial charge on any atom is 0.487 e. The van der Waals surface area contributed by atoms with Crippen LogP contribution in [0.5, 0.6) is 5.75 Å². The van der Waals surface area contributed by atoms with Crippen molar-refractivity contribution in [2.45, 2.75) is 19.1 Å². The van der Waals surface area contributed by atoms with Gasteiger partial charge in [-0.15, -0.1) is 8.78 Å². The van der Waals surface area contributed by atoms with E-state index >= 15 is 0 Å². The summed E-state index contributed by atoms with van der Waals surface area (Å²) < 4.78 is 30.3.